The summed E-state index contributed by atoms with van der Waals surface area (Å²) >= 11 is 0. The summed E-state index contributed by atoms with van der Waals surface area (Å²) in [5.74, 6) is 0.887. The molecular weight excluding hydrogens is 368 g/mol. The Morgan fingerprint density at radius 3 is 2.66 bits per heavy atom. The van der Waals surface area contributed by atoms with Crippen molar-refractivity contribution in [1.82, 2.24) is 25.0 Å². The second-order valence-electron chi connectivity index (χ2n) is 6.79. The number of hydrogen-bond donors (Lipinski definition) is 2. The molecule has 8 nitrogen and oxygen atoms in total. The summed E-state index contributed by atoms with van der Waals surface area (Å²) in [6, 6.07) is 18.3. The predicted molar refractivity (Wildman–Crippen MR) is 106 cm³/mol. The molecule has 0 aliphatic carbocycles. The molecule has 29 heavy (non-hydrogen) atoms. The predicted octanol–water partition coefficient (Wildman–Crippen LogP) is 3.79. The minimum Gasteiger partial charge on any atom is -0.347 e. The number of aromatic amines is 1. The summed E-state index contributed by atoms with van der Waals surface area (Å²) < 4.78 is 5.56. The second-order valence-corrected chi connectivity index (χ2v) is 6.79. The molecule has 1 unspecified atom stereocenters. The molecule has 2 N–H and O–H groups in total. The average Bonchev–Trinajstić information content (AvgIpc) is 3.43. The first-order valence-electron chi connectivity index (χ1n) is 9.31. The van der Waals surface area contributed by atoms with Crippen LogP contribution >= 0.6 is 0 Å². The highest BCUT2D eigenvalue weighted by molar-refractivity contribution is 5.89. The van der Waals surface area contributed by atoms with Crippen molar-refractivity contribution in [2.75, 3.05) is 5.32 Å². The van der Waals surface area contributed by atoms with Crippen LogP contribution < -0.4 is 5.32 Å². The number of hydrogen-bond acceptors (Lipinski definition) is 5. The lowest BCUT2D eigenvalue weighted by Gasteiger charge is -2.32. The quantitative estimate of drug-likeness (QED) is 0.558. The zero-order valence-corrected chi connectivity index (χ0v) is 15.4. The Morgan fingerprint density at radius 2 is 1.86 bits per heavy atom. The Labute approximate surface area is 166 Å². The molecule has 0 saturated carbocycles. The highest BCUT2D eigenvalue weighted by atomic mass is 16.5. The zero-order valence-electron chi connectivity index (χ0n) is 15.4. The number of carbonyl (C=O) groups is 1. The van der Waals surface area contributed by atoms with Crippen LogP contribution in [0.3, 0.4) is 0 Å². The Bertz CT molecular complexity index is 1120. The SMILES string of the molecule is O=C(Nc1ccccc1)N1Cc2[nH]cnc2CC1c1nc(-c2ccccc2)no1. The number of anilines is 1. The van der Waals surface area contributed by atoms with Crippen molar-refractivity contribution in [3.05, 3.63) is 84.3 Å². The second kappa shape index (κ2) is 7.23. The number of imidazole rings is 1. The molecule has 0 fully saturated rings. The number of fused-ring (bicyclic) bond motifs is 1. The monoisotopic (exact) mass is 386 g/mol. The molecule has 8 heteroatoms. The number of rotatable bonds is 3. The lowest BCUT2D eigenvalue weighted by molar-refractivity contribution is 0.155. The fourth-order valence-corrected chi connectivity index (χ4v) is 3.46. The van der Waals surface area contributed by atoms with Gasteiger partial charge >= 0.3 is 6.03 Å². The van der Waals surface area contributed by atoms with Gasteiger partial charge < -0.3 is 19.7 Å². The van der Waals surface area contributed by atoms with Gasteiger partial charge in [-0.2, -0.15) is 4.98 Å². The third-order valence-corrected chi connectivity index (χ3v) is 4.94. The molecule has 2 aromatic carbocycles. The van der Waals surface area contributed by atoms with Crippen LogP contribution in [0.4, 0.5) is 10.5 Å². The molecule has 3 heterocycles. The molecule has 2 aromatic heterocycles. The van der Waals surface area contributed by atoms with E-state index in [1.807, 2.05) is 60.7 Å². The highest BCUT2D eigenvalue weighted by Crippen LogP contribution is 2.32. The summed E-state index contributed by atoms with van der Waals surface area (Å²) in [4.78, 5) is 26.8. The van der Waals surface area contributed by atoms with Crippen LogP contribution in [0.25, 0.3) is 11.4 Å². The van der Waals surface area contributed by atoms with Crippen LogP contribution in [-0.4, -0.2) is 31.0 Å². The first-order valence-corrected chi connectivity index (χ1v) is 9.31. The minimum absolute atomic E-state index is 0.235. The molecule has 5 rings (SSSR count). The lowest BCUT2D eigenvalue weighted by Crippen LogP contribution is -2.41. The summed E-state index contributed by atoms with van der Waals surface area (Å²) in [5, 5.41) is 7.05. The number of H-pyrrole nitrogens is 1. The van der Waals surface area contributed by atoms with Gasteiger partial charge in [-0.1, -0.05) is 53.7 Å². The van der Waals surface area contributed by atoms with Crippen LogP contribution in [-0.2, 0) is 13.0 Å². The molecule has 0 bridgehead atoms. The number of carbonyl (C=O) groups excluding carboxylic acids is 1. The zero-order chi connectivity index (χ0) is 19.6. The van der Waals surface area contributed by atoms with E-state index in [9.17, 15) is 4.79 Å². The average molecular weight is 386 g/mol. The van der Waals surface area contributed by atoms with Crippen molar-refractivity contribution in [3.63, 3.8) is 0 Å². The number of urea groups is 1. The third-order valence-electron chi connectivity index (χ3n) is 4.94. The lowest BCUT2D eigenvalue weighted by atomic mass is 10.0. The van der Waals surface area contributed by atoms with E-state index in [-0.39, 0.29) is 6.03 Å². The molecule has 144 valence electrons. The van der Waals surface area contributed by atoms with Crippen LogP contribution in [0, 0.1) is 0 Å². The van der Waals surface area contributed by atoms with E-state index in [2.05, 4.69) is 25.4 Å². The molecule has 2 amide bonds. The topological polar surface area (TPSA) is 99.9 Å². The van der Waals surface area contributed by atoms with E-state index in [1.165, 1.54) is 0 Å². The highest BCUT2D eigenvalue weighted by Gasteiger charge is 2.36. The maximum atomic E-state index is 13.1. The van der Waals surface area contributed by atoms with E-state index in [1.54, 1.807) is 11.2 Å². The number of para-hydroxylation sites is 1. The number of aromatic nitrogens is 4. The summed E-state index contributed by atoms with van der Waals surface area (Å²) in [7, 11) is 0. The van der Waals surface area contributed by atoms with Gasteiger partial charge in [-0.15, -0.1) is 0 Å². The van der Waals surface area contributed by atoms with Crippen molar-refractivity contribution in [2.45, 2.75) is 19.0 Å². The number of nitrogens with zero attached hydrogens (tertiary/aromatic N) is 4. The van der Waals surface area contributed by atoms with Gasteiger partial charge in [0.05, 0.1) is 24.3 Å². The molecule has 1 aliphatic rings. The van der Waals surface area contributed by atoms with Gasteiger partial charge in [0.25, 0.3) is 0 Å². The van der Waals surface area contributed by atoms with Gasteiger partial charge in [-0.25, -0.2) is 9.78 Å². The smallest absolute Gasteiger partial charge is 0.322 e. The van der Waals surface area contributed by atoms with Crippen molar-refractivity contribution < 1.29 is 9.32 Å². The largest absolute Gasteiger partial charge is 0.347 e. The molecule has 1 atom stereocenters. The van der Waals surface area contributed by atoms with E-state index in [4.69, 9.17) is 4.52 Å². The maximum absolute atomic E-state index is 13.1. The van der Waals surface area contributed by atoms with Gasteiger partial charge in [-0.05, 0) is 12.1 Å². The molecule has 0 spiro atoms. The van der Waals surface area contributed by atoms with Crippen molar-refractivity contribution in [2.24, 2.45) is 0 Å². The van der Waals surface area contributed by atoms with Gasteiger partial charge in [-0.3, -0.25) is 0 Å². The Kier molecular flexibility index (Phi) is 4.28. The van der Waals surface area contributed by atoms with E-state index >= 15 is 0 Å². The fraction of sp³-hybridized carbons (Fsp3) is 0.143. The fourth-order valence-electron chi connectivity index (χ4n) is 3.46. The molecular formula is C21H18N6O2. The number of benzene rings is 2. The van der Waals surface area contributed by atoms with E-state index < -0.39 is 6.04 Å². The van der Waals surface area contributed by atoms with Gasteiger partial charge in [0.15, 0.2) is 0 Å². The Morgan fingerprint density at radius 1 is 1.10 bits per heavy atom. The number of amides is 2. The van der Waals surface area contributed by atoms with Crippen molar-refractivity contribution >= 4 is 11.7 Å². The molecule has 0 saturated heterocycles. The first kappa shape index (κ1) is 17.2. The summed E-state index contributed by atoms with van der Waals surface area (Å²) in [5.41, 5.74) is 3.40. The minimum atomic E-state index is -0.403. The van der Waals surface area contributed by atoms with Gasteiger partial charge in [0, 0.05) is 17.7 Å². The molecule has 4 aromatic rings. The van der Waals surface area contributed by atoms with Crippen molar-refractivity contribution in [1.29, 1.82) is 0 Å². The van der Waals surface area contributed by atoms with Gasteiger partial charge in [0.2, 0.25) is 11.7 Å². The maximum Gasteiger partial charge on any atom is 0.322 e. The van der Waals surface area contributed by atoms with Crippen LogP contribution in [0.2, 0.25) is 0 Å². The standard InChI is InChI=1S/C21H18N6O2/c28-21(24-15-9-5-2-6-10-15)27-12-17-16(22-13-23-17)11-18(27)20-25-19(26-29-20)14-7-3-1-4-8-14/h1-10,13,18H,11-12H2,(H,22,23)(H,24,28). The first-order chi connectivity index (χ1) is 14.3. The van der Waals surface area contributed by atoms with Crippen LogP contribution in [0.15, 0.2) is 71.5 Å². The number of nitrogens with one attached hydrogen (secondary N) is 2. The normalized spacial score (nSPS) is 15.7. The summed E-state index contributed by atoms with van der Waals surface area (Å²) in [6.07, 6.45) is 2.14. The molecule has 0 radical (unpaired) electrons. The Hall–Kier alpha value is -3.94. The summed E-state index contributed by atoms with van der Waals surface area (Å²) in [6.45, 7) is 0.377. The molecule has 1 aliphatic heterocycles. The Balaban J connectivity index is 1.46. The van der Waals surface area contributed by atoms with E-state index in [0.29, 0.717) is 24.7 Å². The van der Waals surface area contributed by atoms with Crippen LogP contribution in [0.1, 0.15) is 23.3 Å². The van der Waals surface area contributed by atoms with Crippen LogP contribution in [0.5, 0.6) is 0 Å². The van der Waals surface area contributed by atoms with E-state index in [0.717, 1.165) is 22.6 Å². The van der Waals surface area contributed by atoms with Gasteiger partial charge in [0.1, 0.15) is 6.04 Å². The third kappa shape index (κ3) is 3.36. The van der Waals surface area contributed by atoms with Crippen molar-refractivity contribution in [3.8, 4) is 11.4 Å².